The summed E-state index contributed by atoms with van der Waals surface area (Å²) in [5, 5.41) is 11.5. The molecule has 1 aliphatic heterocycles. The first-order valence-electron chi connectivity index (χ1n) is 7.72. The number of hydrogen-bond donors (Lipinski definition) is 1. The number of aryl methyl sites for hydroxylation is 1. The molecule has 1 aromatic carbocycles. The van der Waals surface area contributed by atoms with Crippen LogP contribution in [0.2, 0.25) is 0 Å². The first-order valence-corrected chi connectivity index (χ1v) is 7.72. The third kappa shape index (κ3) is 4.14. The van der Waals surface area contributed by atoms with E-state index in [4.69, 9.17) is 4.74 Å². The lowest BCUT2D eigenvalue weighted by atomic mass is 10.1. The van der Waals surface area contributed by atoms with Gasteiger partial charge in [0.15, 0.2) is 5.82 Å². The van der Waals surface area contributed by atoms with Crippen molar-refractivity contribution in [2.45, 2.75) is 12.8 Å². The lowest BCUT2D eigenvalue weighted by molar-refractivity contribution is 0.122. The lowest BCUT2D eigenvalue weighted by Gasteiger charge is -2.26. The highest BCUT2D eigenvalue weighted by molar-refractivity contribution is 5.39. The monoisotopic (exact) mass is 299 g/mol. The molecule has 0 spiro atoms. The minimum Gasteiger partial charge on any atom is -0.378 e. The first kappa shape index (κ1) is 14.7. The molecular formula is C16H21N5O. The summed E-state index contributed by atoms with van der Waals surface area (Å²) in [7, 11) is 0. The Morgan fingerprint density at radius 1 is 1.14 bits per heavy atom. The van der Waals surface area contributed by atoms with Gasteiger partial charge < -0.3 is 15.0 Å². The van der Waals surface area contributed by atoms with Gasteiger partial charge in [0, 0.05) is 19.6 Å². The molecule has 2 heterocycles. The lowest BCUT2D eigenvalue weighted by Crippen LogP contribution is -2.37. The zero-order chi connectivity index (χ0) is 15.0. The Bertz CT molecular complexity index is 572. The van der Waals surface area contributed by atoms with Gasteiger partial charge in [-0.2, -0.15) is 10.1 Å². The molecule has 1 aromatic heterocycles. The fourth-order valence-electron chi connectivity index (χ4n) is 2.43. The summed E-state index contributed by atoms with van der Waals surface area (Å²) < 4.78 is 5.34. The maximum Gasteiger partial charge on any atom is 0.247 e. The number of ether oxygens (including phenoxy) is 1. The zero-order valence-corrected chi connectivity index (χ0v) is 12.6. The molecule has 0 amide bonds. The smallest absolute Gasteiger partial charge is 0.247 e. The summed E-state index contributed by atoms with van der Waals surface area (Å²) in [4.78, 5) is 6.63. The van der Waals surface area contributed by atoms with Crippen molar-refractivity contribution >= 4 is 11.8 Å². The molecule has 1 saturated heterocycles. The van der Waals surface area contributed by atoms with E-state index in [9.17, 15) is 0 Å². The summed E-state index contributed by atoms with van der Waals surface area (Å²) in [6, 6.07) is 10.5. The molecule has 0 unspecified atom stereocenters. The van der Waals surface area contributed by atoms with Gasteiger partial charge in [-0.15, -0.1) is 5.10 Å². The summed E-state index contributed by atoms with van der Waals surface area (Å²) in [6.45, 7) is 3.95. The van der Waals surface area contributed by atoms with Gasteiger partial charge in [0.05, 0.1) is 19.4 Å². The molecule has 1 fully saturated rings. The Kier molecular flexibility index (Phi) is 5.15. The van der Waals surface area contributed by atoms with Gasteiger partial charge in [0.1, 0.15) is 0 Å². The summed E-state index contributed by atoms with van der Waals surface area (Å²) in [6.07, 6.45) is 3.79. The van der Waals surface area contributed by atoms with Gasteiger partial charge in [-0.25, -0.2) is 0 Å². The molecule has 0 atom stereocenters. The molecule has 0 aliphatic carbocycles. The van der Waals surface area contributed by atoms with Gasteiger partial charge in [0.25, 0.3) is 0 Å². The normalized spacial score (nSPS) is 14.8. The third-order valence-electron chi connectivity index (χ3n) is 3.63. The van der Waals surface area contributed by atoms with Crippen molar-refractivity contribution < 1.29 is 4.74 Å². The average molecular weight is 299 g/mol. The van der Waals surface area contributed by atoms with Gasteiger partial charge in [-0.3, -0.25) is 0 Å². The number of anilines is 2. The van der Waals surface area contributed by atoms with Gasteiger partial charge in [-0.1, -0.05) is 30.3 Å². The second kappa shape index (κ2) is 7.70. The number of morpholine rings is 1. The van der Waals surface area contributed by atoms with E-state index in [0.29, 0.717) is 5.95 Å². The fraction of sp³-hybridized carbons (Fsp3) is 0.438. The van der Waals surface area contributed by atoms with Crippen LogP contribution in [0.15, 0.2) is 36.5 Å². The van der Waals surface area contributed by atoms with E-state index in [1.165, 1.54) is 5.56 Å². The predicted molar refractivity (Wildman–Crippen MR) is 86.1 cm³/mol. The number of nitrogens with zero attached hydrogens (tertiary/aromatic N) is 4. The Hall–Kier alpha value is -2.21. The molecule has 116 valence electrons. The van der Waals surface area contributed by atoms with Gasteiger partial charge in [-0.05, 0) is 18.4 Å². The molecular weight excluding hydrogens is 278 g/mol. The van der Waals surface area contributed by atoms with Gasteiger partial charge in [0.2, 0.25) is 5.95 Å². The molecule has 1 aliphatic rings. The van der Waals surface area contributed by atoms with Gasteiger partial charge >= 0.3 is 0 Å². The van der Waals surface area contributed by atoms with Crippen LogP contribution in [-0.4, -0.2) is 48.0 Å². The van der Waals surface area contributed by atoms with Crippen LogP contribution in [0, 0.1) is 0 Å². The van der Waals surface area contributed by atoms with E-state index >= 15 is 0 Å². The average Bonchev–Trinajstić information content (AvgIpc) is 2.61. The molecule has 22 heavy (non-hydrogen) atoms. The van der Waals surface area contributed by atoms with Crippen LogP contribution in [0.4, 0.5) is 11.8 Å². The van der Waals surface area contributed by atoms with E-state index < -0.39 is 0 Å². The zero-order valence-electron chi connectivity index (χ0n) is 12.6. The van der Waals surface area contributed by atoms with Crippen molar-refractivity contribution in [3.63, 3.8) is 0 Å². The SMILES string of the molecule is c1ccc(CCCNc2cnnc(N3CCOCC3)n2)cc1. The number of benzene rings is 1. The molecule has 0 saturated carbocycles. The molecule has 2 aromatic rings. The van der Waals surface area contributed by atoms with E-state index in [2.05, 4.69) is 49.7 Å². The van der Waals surface area contributed by atoms with Crippen LogP contribution >= 0.6 is 0 Å². The third-order valence-corrected chi connectivity index (χ3v) is 3.63. The molecule has 0 radical (unpaired) electrons. The van der Waals surface area contributed by atoms with Crippen molar-refractivity contribution in [3.05, 3.63) is 42.1 Å². The number of aromatic nitrogens is 3. The van der Waals surface area contributed by atoms with Crippen LogP contribution in [0.1, 0.15) is 12.0 Å². The Morgan fingerprint density at radius 2 is 1.95 bits per heavy atom. The maximum atomic E-state index is 5.34. The largest absolute Gasteiger partial charge is 0.378 e. The second-order valence-corrected chi connectivity index (χ2v) is 5.26. The van der Waals surface area contributed by atoms with E-state index in [1.807, 2.05) is 6.07 Å². The Morgan fingerprint density at radius 3 is 2.77 bits per heavy atom. The molecule has 6 nitrogen and oxygen atoms in total. The highest BCUT2D eigenvalue weighted by atomic mass is 16.5. The minimum atomic E-state index is 0.677. The Labute approximate surface area is 130 Å². The van der Waals surface area contributed by atoms with E-state index in [-0.39, 0.29) is 0 Å². The highest BCUT2D eigenvalue weighted by Gasteiger charge is 2.14. The van der Waals surface area contributed by atoms with E-state index in [0.717, 1.165) is 51.5 Å². The Balaban J connectivity index is 1.48. The van der Waals surface area contributed by atoms with Crippen molar-refractivity contribution in [1.82, 2.24) is 15.2 Å². The number of nitrogens with one attached hydrogen (secondary N) is 1. The molecule has 0 bridgehead atoms. The van der Waals surface area contributed by atoms with Crippen molar-refractivity contribution in [2.24, 2.45) is 0 Å². The number of rotatable bonds is 6. The van der Waals surface area contributed by atoms with Crippen LogP contribution < -0.4 is 10.2 Å². The summed E-state index contributed by atoms with van der Waals surface area (Å²) in [5.41, 5.74) is 1.36. The maximum absolute atomic E-state index is 5.34. The quantitative estimate of drug-likeness (QED) is 0.820. The van der Waals surface area contributed by atoms with Crippen LogP contribution in [0.3, 0.4) is 0 Å². The topological polar surface area (TPSA) is 63.2 Å². The van der Waals surface area contributed by atoms with Crippen molar-refractivity contribution in [3.8, 4) is 0 Å². The minimum absolute atomic E-state index is 0.677. The second-order valence-electron chi connectivity index (χ2n) is 5.26. The van der Waals surface area contributed by atoms with E-state index in [1.54, 1.807) is 6.20 Å². The van der Waals surface area contributed by atoms with Crippen molar-refractivity contribution in [1.29, 1.82) is 0 Å². The summed E-state index contributed by atoms with van der Waals surface area (Å²) in [5.74, 6) is 1.46. The van der Waals surface area contributed by atoms with Crippen LogP contribution in [0.25, 0.3) is 0 Å². The highest BCUT2D eigenvalue weighted by Crippen LogP contribution is 2.11. The summed E-state index contributed by atoms with van der Waals surface area (Å²) >= 11 is 0. The van der Waals surface area contributed by atoms with Crippen LogP contribution in [0.5, 0.6) is 0 Å². The van der Waals surface area contributed by atoms with Crippen molar-refractivity contribution in [2.75, 3.05) is 43.1 Å². The molecule has 1 N–H and O–H groups in total. The number of hydrogen-bond acceptors (Lipinski definition) is 6. The standard InChI is InChI=1S/C16H21N5O/c1-2-5-14(6-3-1)7-4-8-17-15-13-18-20-16(19-15)21-9-11-22-12-10-21/h1-3,5-6,13H,4,7-12H2,(H,17,19,20). The molecule has 6 heteroatoms. The van der Waals surface area contributed by atoms with Crippen LogP contribution in [-0.2, 0) is 11.2 Å². The first-order chi connectivity index (χ1) is 10.9. The molecule has 3 rings (SSSR count). The fourth-order valence-corrected chi connectivity index (χ4v) is 2.43. The predicted octanol–water partition coefficient (Wildman–Crippen LogP) is 1.75.